The zero-order valence-corrected chi connectivity index (χ0v) is 16.6. The predicted molar refractivity (Wildman–Crippen MR) is 108 cm³/mol. The Morgan fingerprint density at radius 2 is 1.96 bits per heavy atom. The highest BCUT2D eigenvalue weighted by Crippen LogP contribution is 2.31. The Kier molecular flexibility index (Phi) is 5.52. The Morgan fingerprint density at radius 1 is 1.14 bits per heavy atom. The van der Waals surface area contributed by atoms with E-state index in [4.69, 9.17) is 14.5 Å². The summed E-state index contributed by atoms with van der Waals surface area (Å²) in [5, 5.41) is 0. The molecule has 1 atom stereocenters. The molecule has 0 saturated carbocycles. The third kappa shape index (κ3) is 3.99. The summed E-state index contributed by atoms with van der Waals surface area (Å²) in [6.45, 7) is 4.63. The summed E-state index contributed by atoms with van der Waals surface area (Å²) < 4.78 is 10.8. The summed E-state index contributed by atoms with van der Waals surface area (Å²) in [6, 6.07) is 7.61. The van der Waals surface area contributed by atoms with Crippen LogP contribution in [0.2, 0.25) is 0 Å². The van der Waals surface area contributed by atoms with Crippen LogP contribution in [0.4, 0.5) is 5.95 Å². The van der Waals surface area contributed by atoms with Crippen LogP contribution in [0.15, 0.2) is 29.1 Å². The van der Waals surface area contributed by atoms with Gasteiger partial charge in [-0.2, -0.15) is 0 Å². The van der Waals surface area contributed by atoms with E-state index in [1.54, 1.807) is 20.3 Å². The number of hydrogen-bond donors (Lipinski definition) is 1. The summed E-state index contributed by atoms with van der Waals surface area (Å²) in [7, 11) is 3.34. The molecule has 0 aliphatic carbocycles. The molecule has 2 aliphatic rings. The number of benzene rings is 1. The number of aromatic nitrogens is 2. The van der Waals surface area contributed by atoms with Crippen LogP contribution in [0, 0.1) is 0 Å². The smallest absolute Gasteiger partial charge is 0.252 e. The van der Waals surface area contributed by atoms with E-state index in [1.807, 2.05) is 12.1 Å². The summed E-state index contributed by atoms with van der Waals surface area (Å²) in [5.74, 6) is 2.65. The van der Waals surface area contributed by atoms with E-state index in [0.29, 0.717) is 0 Å². The molecule has 150 valence electrons. The van der Waals surface area contributed by atoms with Crippen molar-refractivity contribution < 1.29 is 9.47 Å². The molecule has 7 heteroatoms. The maximum atomic E-state index is 12.2. The monoisotopic (exact) mass is 384 g/mol. The van der Waals surface area contributed by atoms with Crippen LogP contribution in [-0.4, -0.2) is 55.3 Å². The Hall–Kier alpha value is -2.54. The summed E-state index contributed by atoms with van der Waals surface area (Å²) >= 11 is 0. The molecule has 0 bridgehead atoms. The van der Waals surface area contributed by atoms with Crippen LogP contribution < -0.4 is 19.9 Å². The molecule has 4 rings (SSSR count). The molecular weight excluding hydrogens is 356 g/mol. The quantitative estimate of drug-likeness (QED) is 0.825. The Balaban J connectivity index is 1.47. The van der Waals surface area contributed by atoms with Gasteiger partial charge in [0.15, 0.2) is 0 Å². The maximum absolute atomic E-state index is 12.2. The number of likely N-dealkylation sites (tertiary alicyclic amines) is 1. The van der Waals surface area contributed by atoms with Gasteiger partial charge >= 0.3 is 0 Å². The lowest BCUT2D eigenvalue weighted by atomic mass is 10.0. The van der Waals surface area contributed by atoms with Crippen LogP contribution in [-0.2, 0) is 6.54 Å². The number of nitrogens with one attached hydrogen (secondary N) is 1. The SMILES string of the molecule is COc1ccc(CN2CC[C@H](c3cc(=O)[nH]c(N4CCCC4)n3)C2)c(OC)c1. The van der Waals surface area contributed by atoms with Crippen molar-refractivity contribution in [2.75, 3.05) is 45.3 Å². The fraction of sp³-hybridized carbons (Fsp3) is 0.524. The summed E-state index contributed by atoms with van der Waals surface area (Å²) in [6.07, 6.45) is 3.33. The third-order valence-electron chi connectivity index (χ3n) is 5.73. The first kappa shape index (κ1) is 18.8. The second kappa shape index (κ2) is 8.22. The van der Waals surface area contributed by atoms with Crippen molar-refractivity contribution in [3.8, 4) is 11.5 Å². The molecule has 1 aromatic carbocycles. The van der Waals surface area contributed by atoms with Gasteiger partial charge in [0.25, 0.3) is 5.56 Å². The van der Waals surface area contributed by atoms with Crippen molar-refractivity contribution in [3.05, 3.63) is 45.9 Å². The zero-order valence-electron chi connectivity index (χ0n) is 16.6. The number of nitrogens with zero attached hydrogens (tertiary/aromatic N) is 3. The van der Waals surface area contributed by atoms with E-state index < -0.39 is 0 Å². The van der Waals surface area contributed by atoms with Crippen LogP contribution in [0.1, 0.15) is 36.4 Å². The molecular formula is C21H28N4O3. The molecule has 0 amide bonds. The zero-order chi connectivity index (χ0) is 19.5. The van der Waals surface area contributed by atoms with Gasteiger partial charge in [0, 0.05) is 49.8 Å². The topological polar surface area (TPSA) is 70.7 Å². The van der Waals surface area contributed by atoms with Crippen LogP contribution in [0.25, 0.3) is 0 Å². The first-order valence-corrected chi connectivity index (χ1v) is 9.95. The van der Waals surface area contributed by atoms with Gasteiger partial charge in [0.2, 0.25) is 5.95 Å². The van der Waals surface area contributed by atoms with Gasteiger partial charge in [-0.25, -0.2) is 4.98 Å². The first-order chi connectivity index (χ1) is 13.7. The Bertz CT molecular complexity index is 876. The molecule has 2 aromatic rings. The molecule has 0 unspecified atom stereocenters. The molecule has 0 spiro atoms. The van der Waals surface area contributed by atoms with Crippen molar-refractivity contribution in [3.63, 3.8) is 0 Å². The molecule has 7 nitrogen and oxygen atoms in total. The maximum Gasteiger partial charge on any atom is 0.252 e. The van der Waals surface area contributed by atoms with Crippen LogP contribution in [0.5, 0.6) is 11.5 Å². The lowest BCUT2D eigenvalue weighted by Crippen LogP contribution is -2.25. The highest BCUT2D eigenvalue weighted by Gasteiger charge is 2.27. The first-order valence-electron chi connectivity index (χ1n) is 9.95. The average molecular weight is 384 g/mol. The number of rotatable bonds is 6. The second-order valence-corrected chi connectivity index (χ2v) is 7.59. The highest BCUT2D eigenvalue weighted by molar-refractivity contribution is 5.41. The summed E-state index contributed by atoms with van der Waals surface area (Å²) in [5.41, 5.74) is 2.00. The van der Waals surface area contributed by atoms with Crippen molar-refractivity contribution in [1.29, 1.82) is 0 Å². The minimum absolute atomic E-state index is 0.0535. The van der Waals surface area contributed by atoms with Crippen molar-refractivity contribution in [2.45, 2.75) is 31.7 Å². The Morgan fingerprint density at radius 3 is 2.71 bits per heavy atom. The van der Waals surface area contributed by atoms with Crippen LogP contribution >= 0.6 is 0 Å². The summed E-state index contributed by atoms with van der Waals surface area (Å²) in [4.78, 5) is 24.5. The molecule has 2 fully saturated rings. The number of methoxy groups -OCH3 is 2. The number of anilines is 1. The Labute approximate surface area is 165 Å². The van der Waals surface area contributed by atoms with Crippen LogP contribution in [0.3, 0.4) is 0 Å². The van der Waals surface area contributed by atoms with E-state index in [2.05, 4.69) is 20.9 Å². The van der Waals surface area contributed by atoms with Gasteiger partial charge in [-0.15, -0.1) is 0 Å². The predicted octanol–water partition coefficient (Wildman–Crippen LogP) is 2.38. The van der Waals surface area contributed by atoms with E-state index >= 15 is 0 Å². The largest absolute Gasteiger partial charge is 0.497 e. The van der Waals surface area contributed by atoms with E-state index in [-0.39, 0.29) is 11.5 Å². The third-order valence-corrected chi connectivity index (χ3v) is 5.73. The number of H-pyrrole nitrogens is 1. The standard InChI is InChI=1S/C21H28N4O3/c1-27-17-6-5-16(19(11-17)28-2)14-24-10-7-15(13-24)18-12-20(26)23-21(22-18)25-8-3-4-9-25/h5-6,11-12,15H,3-4,7-10,13-14H2,1-2H3,(H,22,23,26)/t15-/m0/s1. The molecule has 2 aliphatic heterocycles. The fourth-order valence-electron chi connectivity index (χ4n) is 4.19. The molecule has 2 saturated heterocycles. The minimum Gasteiger partial charge on any atom is -0.497 e. The highest BCUT2D eigenvalue weighted by atomic mass is 16.5. The van der Waals surface area contributed by atoms with Gasteiger partial charge < -0.3 is 14.4 Å². The van der Waals surface area contributed by atoms with E-state index in [0.717, 1.165) is 80.7 Å². The minimum atomic E-state index is -0.0535. The van der Waals surface area contributed by atoms with Gasteiger partial charge in [-0.05, 0) is 31.9 Å². The van der Waals surface area contributed by atoms with E-state index in [9.17, 15) is 4.79 Å². The number of aromatic amines is 1. The average Bonchev–Trinajstić information content (AvgIpc) is 3.40. The number of hydrogen-bond acceptors (Lipinski definition) is 6. The van der Waals surface area contributed by atoms with Crippen molar-refractivity contribution in [2.24, 2.45) is 0 Å². The van der Waals surface area contributed by atoms with Crippen molar-refractivity contribution in [1.82, 2.24) is 14.9 Å². The normalized spacial score (nSPS) is 19.9. The lowest BCUT2D eigenvalue weighted by Gasteiger charge is -2.19. The molecule has 1 N–H and O–H groups in total. The second-order valence-electron chi connectivity index (χ2n) is 7.59. The van der Waals surface area contributed by atoms with E-state index in [1.165, 1.54) is 0 Å². The van der Waals surface area contributed by atoms with Gasteiger partial charge in [-0.3, -0.25) is 14.7 Å². The fourth-order valence-corrected chi connectivity index (χ4v) is 4.19. The van der Waals surface area contributed by atoms with Crippen molar-refractivity contribution >= 4 is 5.95 Å². The van der Waals surface area contributed by atoms with Gasteiger partial charge in [0.05, 0.1) is 19.9 Å². The molecule has 1 aromatic heterocycles. The number of ether oxygens (including phenoxy) is 2. The molecule has 3 heterocycles. The van der Waals surface area contributed by atoms with Gasteiger partial charge in [-0.1, -0.05) is 6.07 Å². The lowest BCUT2D eigenvalue weighted by molar-refractivity contribution is 0.315. The molecule has 28 heavy (non-hydrogen) atoms. The molecule has 0 radical (unpaired) electrons. The van der Waals surface area contributed by atoms with Gasteiger partial charge in [0.1, 0.15) is 11.5 Å².